The Labute approximate surface area is 121 Å². The monoisotopic (exact) mass is 278 g/mol. The first kappa shape index (κ1) is 14.0. The van der Waals surface area contributed by atoms with Gasteiger partial charge in [0.15, 0.2) is 0 Å². The highest BCUT2D eigenvalue weighted by Gasteiger charge is 2.22. The van der Waals surface area contributed by atoms with Crippen LogP contribution < -0.4 is 5.32 Å². The molecule has 0 spiro atoms. The summed E-state index contributed by atoms with van der Waals surface area (Å²) in [5.41, 5.74) is 0. The van der Waals surface area contributed by atoms with Gasteiger partial charge in [0.05, 0.1) is 19.3 Å². The average molecular weight is 278 g/mol. The Bertz CT molecular complexity index is 420. The molecule has 5 nitrogen and oxygen atoms in total. The van der Waals surface area contributed by atoms with Crippen molar-refractivity contribution in [3.05, 3.63) is 12.2 Å². The van der Waals surface area contributed by atoms with Gasteiger partial charge in [0.25, 0.3) is 0 Å². The van der Waals surface area contributed by atoms with Crippen molar-refractivity contribution in [1.82, 2.24) is 20.1 Å². The van der Waals surface area contributed by atoms with Gasteiger partial charge in [-0.2, -0.15) is 5.10 Å². The topological polar surface area (TPSA) is 52.0 Å². The summed E-state index contributed by atoms with van der Waals surface area (Å²) in [5, 5.41) is 7.85. The van der Waals surface area contributed by atoms with Gasteiger partial charge >= 0.3 is 0 Å². The van der Waals surface area contributed by atoms with Crippen molar-refractivity contribution in [1.29, 1.82) is 0 Å². The van der Waals surface area contributed by atoms with Crippen molar-refractivity contribution in [2.24, 2.45) is 5.92 Å². The quantitative estimate of drug-likeness (QED) is 0.834. The minimum atomic E-state index is 0.485. The Kier molecular flexibility index (Phi) is 4.68. The maximum atomic E-state index is 6.04. The van der Waals surface area contributed by atoms with E-state index in [1.807, 2.05) is 4.68 Å². The Morgan fingerprint density at radius 2 is 2.25 bits per heavy atom. The molecule has 3 atom stereocenters. The van der Waals surface area contributed by atoms with E-state index in [4.69, 9.17) is 4.74 Å². The lowest BCUT2D eigenvalue weighted by molar-refractivity contribution is -0.00416. The molecule has 5 heteroatoms. The lowest BCUT2D eigenvalue weighted by Gasteiger charge is -2.29. The molecule has 1 saturated carbocycles. The highest BCUT2D eigenvalue weighted by Crippen LogP contribution is 2.26. The summed E-state index contributed by atoms with van der Waals surface area (Å²) in [6.45, 7) is 5.04. The molecule has 1 fully saturated rings. The molecule has 1 aromatic heterocycles. The van der Waals surface area contributed by atoms with Gasteiger partial charge in [0.1, 0.15) is 12.2 Å². The molecule has 1 aliphatic carbocycles. The van der Waals surface area contributed by atoms with E-state index in [9.17, 15) is 0 Å². The van der Waals surface area contributed by atoms with E-state index in [0.717, 1.165) is 44.3 Å². The lowest BCUT2D eigenvalue weighted by atomic mass is 9.88. The van der Waals surface area contributed by atoms with Crippen molar-refractivity contribution in [3.63, 3.8) is 0 Å². The van der Waals surface area contributed by atoms with Crippen LogP contribution in [0.25, 0.3) is 0 Å². The van der Waals surface area contributed by atoms with E-state index >= 15 is 0 Å². The summed E-state index contributed by atoms with van der Waals surface area (Å²) >= 11 is 0. The Balaban J connectivity index is 1.34. The zero-order valence-corrected chi connectivity index (χ0v) is 12.4. The van der Waals surface area contributed by atoms with Gasteiger partial charge in [-0.05, 0) is 25.2 Å². The van der Waals surface area contributed by atoms with Gasteiger partial charge in [0, 0.05) is 19.0 Å². The van der Waals surface area contributed by atoms with Crippen molar-refractivity contribution in [2.75, 3.05) is 13.2 Å². The van der Waals surface area contributed by atoms with E-state index in [0.29, 0.717) is 12.1 Å². The second kappa shape index (κ2) is 6.68. The molecule has 1 aliphatic heterocycles. The van der Waals surface area contributed by atoms with Gasteiger partial charge in [-0.15, -0.1) is 0 Å². The van der Waals surface area contributed by atoms with Crippen molar-refractivity contribution in [3.8, 4) is 0 Å². The average Bonchev–Trinajstić information content (AvgIpc) is 2.93. The predicted octanol–water partition coefficient (Wildman–Crippen LogP) is 1.78. The fourth-order valence-corrected chi connectivity index (χ4v) is 3.41. The number of hydrogen-bond donors (Lipinski definition) is 1. The summed E-state index contributed by atoms with van der Waals surface area (Å²) < 4.78 is 8.06. The van der Waals surface area contributed by atoms with Crippen molar-refractivity contribution >= 4 is 0 Å². The standard InChI is InChI=1S/C15H26N4O/c1-12-4-2-3-5-14(12)20-9-8-16-13-6-7-15-17-11-18-19(15)10-13/h11-14,16H,2-10H2,1H3/t12-,13+,14-/m1/s1. The van der Waals surface area contributed by atoms with E-state index in [2.05, 4.69) is 22.3 Å². The minimum absolute atomic E-state index is 0.485. The van der Waals surface area contributed by atoms with Crippen LogP contribution in [-0.2, 0) is 17.7 Å². The number of nitrogens with zero attached hydrogens (tertiary/aromatic N) is 3. The fraction of sp³-hybridized carbons (Fsp3) is 0.867. The molecule has 3 rings (SSSR count). The van der Waals surface area contributed by atoms with Crippen molar-refractivity contribution in [2.45, 2.75) is 64.1 Å². The van der Waals surface area contributed by atoms with Crippen LogP contribution >= 0.6 is 0 Å². The Morgan fingerprint density at radius 3 is 3.15 bits per heavy atom. The van der Waals surface area contributed by atoms with Crippen LogP contribution in [0.1, 0.15) is 44.9 Å². The molecule has 2 aliphatic rings. The highest BCUT2D eigenvalue weighted by molar-refractivity contribution is 4.92. The zero-order chi connectivity index (χ0) is 13.8. The molecule has 0 aromatic carbocycles. The summed E-state index contributed by atoms with van der Waals surface area (Å²) in [6.07, 6.45) is 9.60. The van der Waals surface area contributed by atoms with Crippen LogP contribution in [0.3, 0.4) is 0 Å². The third-order valence-electron chi connectivity index (χ3n) is 4.71. The summed E-state index contributed by atoms with van der Waals surface area (Å²) in [7, 11) is 0. The van der Waals surface area contributed by atoms with Gasteiger partial charge < -0.3 is 10.1 Å². The largest absolute Gasteiger partial charge is 0.377 e. The van der Waals surface area contributed by atoms with Gasteiger partial charge in [-0.25, -0.2) is 9.67 Å². The lowest BCUT2D eigenvalue weighted by Crippen LogP contribution is -2.40. The summed E-state index contributed by atoms with van der Waals surface area (Å²) in [5.74, 6) is 1.85. The first-order valence-electron chi connectivity index (χ1n) is 8.04. The molecule has 0 radical (unpaired) electrons. The molecule has 0 bridgehead atoms. The summed E-state index contributed by atoms with van der Waals surface area (Å²) in [4.78, 5) is 4.26. The molecule has 1 N–H and O–H groups in total. The third kappa shape index (κ3) is 3.38. The maximum Gasteiger partial charge on any atom is 0.138 e. The number of nitrogens with one attached hydrogen (secondary N) is 1. The number of hydrogen-bond acceptors (Lipinski definition) is 4. The molecule has 2 heterocycles. The maximum absolute atomic E-state index is 6.04. The van der Waals surface area contributed by atoms with Crippen LogP contribution in [0, 0.1) is 5.92 Å². The molecule has 1 aromatic rings. The van der Waals surface area contributed by atoms with E-state index in [-0.39, 0.29) is 0 Å². The van der Waals surface area contributed by atoms with Crippen LogP contribution in [-0.4, -0.2) is 40.1 Å². The van der Waals surface area contributed by atoms with Gasteiger partial charge in [0.2, 0.25) is 0 Å². The first-order valence-corrected chi connectivity index (χ1v) is 8.04. The van der Waals surface area contributed by atoms with E-state index in [1.54, 1.807) is 6.33 Å². The highest BCUT2D eigenvalue weighted by atomic mass is 16.5. The van der Waals surface area contributed by atoms with Crippen LogP contribution in [0.15, 0.2) is 6.33 Å². The first-order chi connectivity index (χ1) is 9.83. The fourth-order valence-electron chi connectivity index (χ4n) is 3.41. The number of aromatic nitrogens is 3. The van der Waals surface area contributed by atoms with Gasteiger partial charge in [-0.1, -0.05) is 19.8 Å². The minimum Gasteiger partial charge on any atom is -0.377 e. The Morgan fingerprint density at radius 1 is 1.35 bits per heavy atom. The number of rotatable bonds is 5. The van der Waals surface area contributed by atoms with Crippen LogP contribution in [0.4, 0.5) is 0 Å². The predicted molar refractivity (Wildman–Crippen MR) is 77.5 cm³/mol. The number of fused-ring (bicyclic) bond motifs is 1. The molecule has 0 saturated heterocycles. The Hall–Kier alpha value is -0.940. The molecule has 0 amide bonds. The number of aryl methyl sites for hydroxylation is 1. The van der Waals surface area contributed by atoms with E-state index in [1.165, 1.54) is 25.7 Å². The van der Waals surface area contributed by atoms with E-state index < -0.39 is 0 Å². The van der Waals surface area contributed by atoms with Gasteiger partial charge in [-0.3, -0.25) is 0 Å². The molecule has 20 heavy (non-hydrogen) atoms. The van der Waals surface area contributed by atoms with Crippen LogP contribution in [0.5, 0.6) is 0 Å². The molecule has 0 unspecified atom stereocenters. The second-order valence-electron chi connectivity index (χ2n) is 6.22. The summed E-state index contributed by atoms with van der Waals surface area (Å²) in [6, 6.07) is 0.511. The zero-order valence-electron chi connectivity index (χ0n) is 12.4. The van der Waals surface area contributed by atoms with Crippen LogP contribution in [0.2, 0.25) is 0 Å². The molecular weight excluding hydrogens is 252 g/mol. The van der Waals surface area contributed by atoms with Crippen molar-refractivity contribution < 1.29 is 4.74 Å². The third-order valence-corrected chi connectivity index (χ3v) is 4.71. The molecular formula is C15H26N4O. The SMILES string of the molecule is C[C@@H]1CCCC[C@H]1OCCN[C@H]1CCc2ncnn2C1. The molecule has 112 valence electrons. The number of ether oxygens (including phenoxy) is 1. The smallest absolute Gasteiger partial charge is 0.138 e. The normalized spacial score (nSPS) is 30.1. The second-order valence-corrected chi connectivity index (χ2v) is 6.22.